The number of hydrazine groups is 1. The summed E-state index contributed by atoms with van der Waals surface area (Å²) in [7, 11) is 0. The Kier molecular flexibility index (Phi) is 7.72. The quantitative estimate of drug-likeness (QED) is 0.223. The summed E-state index contributed by atoms with van der Waals surface area (Å²) in [6.45, 7) is 2.60. The maximum absolute atomic E-state index is 11.5. The zero-order valence-corrected chi connectivity index (χ0v) is 13.4. The summed E-state index contributed by atoms with van der Waals surface area (Å²) in [6, 6.07) is 0. The van der Waals surface area contributed by atoms with E-state index >= 15 is 0 Å². The van der Waals surface area contributed by atoms with E-state index in [4.69, 9.17) is 4.65 Å². The molecule has 0 radical (unpaired) electrons. The van der Waals surface area contributed by atoms with Gasteiger partial charge in [0.05, 0.1) is 11.0 Å². The number of amides is 3. The van der Waals surface area contributed by atoms with Gasteiger partial charge in [-0.25, -0.2) is 5.34 Å². The number of hydrogen-bond donors (Lipinski definition) is 3. The first kappa shape index (κ1) is 16.7. The van der Waals surface area contributed by atoms with Crippen molar-refractivity contribution in [1.82, 2.24) is 16.1 Å². The minimum absolute atomic E-state index is 0.107. The highest BCUT2D eigenvalue weighted by Crippen LogP contribution is 2.18. The Bertz CT molecular complexity index is 360. The molecule has 1 aliphatic rings. The van der Waals surface area contributed by atoms with E-state index in [0.29, 0.717) is 6.61 Å². The molecule has 10 heteroatoms. The molecule has 106 valence electrons. The van der Waals surface area contributed by atoms with Crippen molar-refractivity contribution in [2.45, 2.75) is 25.0 Å². The Hall–Kier alpha value is -0.325. The van der Waals surface area contributed by atoms with Crippen molar-refractivity contribution in [3.05, 3.63) is 0 Å². The monoisotopic (exact) mass is 399 g/mol. The van der Waals surface area contributed by atoms with E-state index in [0.717, 1.165) is 18.2 Å². The summed E-state index contributed by atoms with van der Waals surface area (Å²) in [5.74, 6) is -0.774. The van der Waals surface area contributed by atoms with Crippen LogP contribution in [0.25, 0.3) is 0 Å². The number of imide groups is 1. The Morgan fingerprint density at radius 2 is 2.37 bits per heavy atom. The first-order chi connectivity index (χ1) is 9.02. The van der Waals surface area contributed by atoms with Gasteiger partial charge in [-0.1, -0.05) is 29.3 Å². The normalized spacial score (nSPS) is 18.3. The number of rotatable bonds is 8. The first-order valence-electron chi connectivity index (χ1n) is 5.78. The second kappa shape index (κ2) is 8.77. The maximum atomic E-state index is 11.5. The molecule has 0 aliphatic carbocycles. The molecule has 1 saturated heterocycles. The standard InChI is InChI=1S/C9H15BIN3O4S/c1-2-3-18-10(11)14-13-8(16)5-19-6-4-7(15)12-9(6)17/h6,14H,2-5H2,1H3,(H,13,16)(H,12,15,17). The third-order valence-electron chi connectivity index (χ3n) is 2.13. The van der Waals surface area contributed by atoms with Gasteiger partial charge in [-0.2, -0.15) is 0 Å². The van der Waals surface area contributed by atoms with Crippen molar-refractivity contribution < 1.29 is 19.0 Å². The van der Waals surface area contributed by atoms with Gasteiger partial charge in [0.1, 0.15) is 0 Å². The zero-order chi connectivity index (χ0) is 14.3. The SMILES string of the molecule is CCCOB(I)NNC(=O)CSC1CC(=O)NC1=O. The molecule has 19 heavy (non-hydrogen) atoms. The lowest BCUT2D eigenvalue weighted by atomic mass is 10.3. The van der Waals surface area contributed by atoms with E-state index in [2.05, 4.69) is 16.1 Å². The molecule has 1 unspecified atom stereocenters. The Balaban J connectivity index is 2.14. The van der Waals surface area contributed by atoms with Gasteiger partial charge in [-0.05, 0) is 6.42 Å². The van der Waals surface area contributed by atoms with Gasteiger partial charge in [0.2, 0.25) is 17.7 Å². The molecule has 1 heterocycles. The fourth-order valence-electron chi connectivity index (χ4n) is 1.28. The van der Waals surface area contributed by atoms with E-state index in [1.54, 1.807) is 0 Å². The van der Waals surface area contributed by atoms with E-state index in [1.807, 2.05) is 29.3 Å². The second-order valence-corrected chi connectivity index (χ2v) is 6.12. The molecule has 0 spiro atoms. The van der Waals surface area contributed by atoms with E-state index < -0.39 is 5.25 Å². The lowest BCUT2D eigenvalue weighted by Crippen LogP contribution is -2.46. The van der Waals surface area contributed by atoms with Crippen molar-refractivity contribution in [2.75, 3.05) is 12.4 Å². The molecule has 0 bridgehead atoms. The molecule has 1 aliphatic heterocycles. The summed E-state index contributed by atoms with van der Waals surface area (Å²) >= 11 is 3.15. The molecule has 1 atom stereocenters. The van der Waals surface area contributed by atoms with Crippen molar-refractivity contribution in [3.8, 4) is 0 Å². The zero-order valence-electron chi connectivity index (χ0n) is 10.4. The van der Waals surface area contributed by atoms with Crippen molar-refractivity contribution in [2.24, 2.45) is 0 Å². The molecule has 1 fully saturated rings. The second-order valence-electron chi connectivity index (χ2n) is 3.80. The third kappa shape index (κ3) is 6.59. The van der Waals surface area contributed by atoms with Gasteiger partial charge in [0, 0.05) is 13.0 Å². The molecule has 1 rings (SSSR count). The molecule has 0 aromatic rings. The van der Waals surface area contributed by atoms with Gasteiger partial charge < -0.3 is 4.65 Å². The summed E-state index contributed by atoms with van der Waals surface area (Å²) in [5.41, 5.74) is 2.48. The minimum atomic E-state index is -0.468. The highest BCUT2D eigenvalue weighted by Gasteiger charge is 2.31. The van der Waals surface area contributed by atoms with Crippen LogP contribution in [0.5, 0.6) is 0 Å². The van der Waals surface area contributed by atoms with Gasteiger partial charge in [0.25, 0.3) is 0 Å². The minimum Gasteiger partial charge on any atom is -0.412 e. The van der Waals surface area contributed by atoms with Crippen molar-refractivity contribution in [3.63, 3.8) is 0 Å². The van der Waals surface area contributed by atoms with Gasteiger partial charge in [-0.3, -0.25) is 25.1 Å². The van der Waals surface area contributed by atoms with Crippen molar-refractivity contribution >= 4 is 56.8 Å². The highest BCUT2D eigenvalue weighted by atomic mass is 127. The van der Waals surface area contributed by atoms with Crippen LogP contribution in [0.3, 0.4) is 0 Å². The molecule has 0 saturated carbocycles. The number of nitrogens with one attached hydrogen (secondary N) is 3. The fourth-order valence-corrected chi connectivity index (χ4v) is 2.59. The molecule has 0 aromatic carbocycles. The molecule has 7 nitrogen and oxygen atoms in total. The van der Waals surface area contributed by atoms with E-state index in [-0.39, 0.29) is 34.8 Å². The van der Waals surface area contributed by atoms with Crippen LogP contribution in [0.4, 0.5) is 0 Å². The summed E-state index contributed by atoms with van der Waals surface area (Å²) in [5, 5.41) is 4.43. The lowest BCUT2D eigenvalue weighted by Gasteiger charge is -2.11. The predicted molar refractivity (Wildman–Crippen MR) is 81.3 cm³/mol. The molecule has 3 N–H and O–H groups in total. The van der Waals surface area contributed by atoms with Crippen LogP contribution in [0.2, 0.25) is 0 Å². The van der Waals surface area contributed by atoms with Crippen LogP contribution in [-0.4, -0.2) is 40.2 Å². The van der Waals surface area contributed by atoms with Gasteiger partial charge in [0.15, 0.2) is 0 Å². The predicted octanol–water partition coefficient (Wildman–Crippen LogP) is -0.398. The number of hydrogen-bond acceptors (Lipinski definition) is 6. The highest BCUT2D eigenvalue weighted by molar-refractivity contribution is 14.1. The largest absolute Gasteiger partial charge is 0.473 e. The Labute approximate surface area is 129 Å². The third-order valence-corrected chi connectivity index (χ3v) is 4.02. The average molecular weight is 399 g/mol. The Morgan fingerprint density at radius 1 is 1.63 bits per heavy atom. The van der Waals surface area contributed by atoms with Crippen molar-refractivity contribution in [1.29, 1.82) is 0 Å². The molecular weight excluding hydrogens is 384 g/mol. The van der Waals surface area contributed by atoms with E-state index in [9.17, 15) is 14.4 Å². The lowest BCUT2D eigenvalue weighted by molar-refractivity contribution is -0.124. The van der Waals surface area contributed by atoms with Crippen LogP contribution >= 0.6 is 34.1 Å². The summed E-state index contributed by atoms with van der Waals surface area (Å²) in [6.07, 6.45) is 1.04. The fraction of sp³-hybridized carbons (Fsp3) is 0.667. The number of carbonyl (C=O) groups excluding carboxylic acids is 3. The first-order valence-corrected chi connectivity index (χ1v) is 8.07. The van der Waals surface area contributed by atoms with E-state index in [1.165, 1.54) is 0 Å². The van der Waals surface area contributed by atoms with Gasteiger partial charge >= 0.3 is 4.91 Å². The molecule has 3 amide bonds. The van der Waals surface area contributed by atoms with Crippen LogP contribution in [0, 0.1) is 0 Å². The van der Waals surface area contributed by atoms with Crippen LogP contribution < -0.4 is 16.1 Å². The number of thioether (sulfide) groups is 1. The van der Waals surface area contributed by atoms with Crippen LogP contribution in [0.15, 0.2) is 0 Å². The summed E-state index contributed by atoms with van der Waals surface area (Å²) < 4.78 is 5.30. The topological polar surface area (TPSA) is 96.5 Å². The van der Waals surface area contributed by atoms with Crippen LogP contribution in [0.1, 0.15) is 19.8 Å². The Morgan fingerprint density at radius 3 is 2.95 bits per heavy atom. The number of carbonyl (C=O) groups is 3. The molecular formula is C9H15BIN3O4S. The van der Waals surface area contributed by atoms with Crippen LogP contribution in [-0.2, 0) is 19.0 Å². The average Bonchev–Trinajstić information content (AvgIpc) is 2.69. The number of halogens is 1. The smallest absolute Gasteiger partial charge is 0.412 e. The molecule has 0 aromatic heterocycles. The summed E-state index contributed by atoms with van der Waals surface area (Å²) in [4.78, 5) is 33.4. The maximum Gasteiger partial charge on any atom is 0.473 e. The van der Waals surface area contributed by atoms with Gasteiger partial charge in [-0.15, -0.1) is 11.8 Å².